The molecule has 0 bridgehead atoms. The first-order chi connectivity index (χ1) is 7.22. The van der Waals surface area contributed by atoms with Gasteiger partial charge in [-0.2, -0.15) is 0 Å². The number of esters is 1. The average molecular weight is 224 g/mol. The first-order valence-corrected chi connectivity index (χ1v) is 5.51. The standard InChI is InChI=1S/C11H12O3S/c1-3-15-10-5-4-8(11(13)14-2)6-9(10)7-12/h4-7H,3H2,1-2H3. The van der Waals surface area contributed by atoms with Crippen molar-refractivity contribution in [3.63, 3.8) is 0 Å². The monoisotopic (exact) mass is 224 g/mol. The van der Waals surface area contributed by atoms with Crippen LogP contribution in [0.3, 0.4) is 0 Å². The van der Waals surface area contributed by atoms with E-state index in [1.165, 1.54) is 7.11 Å². The topological polar surface area (TPSA) is 43.4 Å². The maximum Gasteiger partial charge on any atom is 0.337 e. The molecule has 3 nitrogen and oxygen atoms in total. The fourth-order valence-corrected chi connectivity index (χ4v) is 1.92. The number of methoxy groups -OCH3 is 1. The zero-order valence-corrected chi connectivity index (χ0v) is 9.47. The van der Waals surface area contributed by atoms with Crippen LogP contribution in [0.4, 0.5) is 0 Å². The minimum absolute atomic E-state index is 0.403. The van der Waals surface area contributed by atoms with E-state index in [1.54, 1.807) is 30.0 Å². The summed E-state index contributed by atoms with van der Waals surface area (Å²) in [6.07, 6.45) is 0.754. The van der Waals surface area contributed by atoms with Crippen LogP contribution in [-0.2, 0) is 4.74 Å². The Labute approximate surface area is 92.8 Å². The second-order valence-electron chi connectivity index (χ2n) is 2.80. The molecule has 0 fully saturated rings. The van der Waals surface area contributed by atoms with Crippen molar-refractivity contribution in [3.8, 4) is 0 Å². The molecule has 0 aliphatic rings. The molecule has 0 atom stereocenters. The van der Waals surface area contributed by atoms with Gasteiger partial charge < -0.3 is 4.74 Å². The predicted molar refractivity (Wildman–Crippen MR) is 59.6 cm³/mol. The molecule has 0 heterocycles. The molecular weight excluding hydrogens is 212 g/mol. The van der Waals surface area contributed by atoms with Crippen LogP contribution in [0.15, 0.2) is 23.1 Å². The van der Waals surface area contributed by atoms with Crippen LogP contribution < -0.4 is 0 Å². The Bertz CT molecular complexity index is 374. The van der Waals surface area contributed by atoms with E-state index in [-0.39, 0.29) is 0 Å². The Kier molecular flexibility index (Phi) is 4.37. The Morgan fingerprint density at radius 3 is 2.80 bits per heavy atom. The third-order valence-corrected chi connectivity index (χ3v) is 2.83. The number of ether oxygens (including phenoxy) is 1. The molecule has 0 N–H and O–H groups in total. The maximum atomic E-state index is 11.2. The quantitative estimate of drug-likeness (QED) is 0.447. The third-order valence-electron chi connectivity index (χ3n) is 1.86. The van der Waals surface area contributed by atoms with E-state index in [0.29, 0.717) is 11.1 Å². The van der Waals surface area contributed by atoms with Crippen LogP contribution in [0.2, 0.25) is 0 Å². The molecule has 4 heteroatoms. The van der Waals surface area contributed by atoms with Gasteiger partial charge in [0.15, 0.2) is 6.29 Å². The van der Waals surface area contributed by atoms with Gasteiger partial charge in [0.05, 0.1) is 12.7 Å². The molecule has 1 aromatic rings. The largest absolute Gasteiger partial charge is 0.465 e. The summed E-state index contributed by atoms with van der Waals surface area (Å²) in [6, 6.07) is 4.98. The van der Waals surface area contributed by atoms with Gasteiger partial charge in [0.1, 0.15) is 0 Å². The lowest BCUT2D eigenvalue weighted by molar-refractivity contribution is 0.0600. The minimum atomic E-state index is -0.425. The van der Waals surface area contributed by atoms with Crippen molar-refractivity contribution in [3.05, 3.63) is 29.3 Å². The molecule has 0 unspecified atom stereocenters. The van der Waals surface area contributed by atoms with E-state index >= 15 is 0 Å². The SMILES string of the molecule is CCSc1ccc(C(=O)OC)cc1C=O. The maximum absolute atomic E-state index is 11.2. The minimum Gasteiger partial charge on any atom is -0.465 e. The molecule has 0 aliphatic heterocycles. The lowest BCUT2D eigenvalue weighted by atomic mass is 10.1. The fourth-order valence-electron chi connectivity index (χ4n) is 1.17. The van der Waals surface area contributed by atoms with Gasteiger partial charge in [-0.25, -0.2) is 4.79 Å². The molecule has 1 rings (SSSR count). The molecule has 0 amide bonds. The highest BCUT2D eigenvalue weighted by molar-refractivity contribution is 7.99. The highest BCUT2D eigenvalue weighted by Gasteiger charge is 2.09. The number of thioether (sulfide) groups is 1. The van der Waals surface area contributed by atoms with Crippen LogP contribution in [0.1, 0.15) is 27.6 Å². The van der Waals surface area contributed by atoms with Gasteiger partial charge in [-0.05, 0) is 24.0 Å². The van der Waals surface area contributed by atoms with Crippen molar-refractivity contribution in [2.45, 2.75) is 11.8 Å². The predicted octanol–water partition coefficient (Wildman–Crippen LogP) is 2.40. The lowest BCUT2D eigenvalue weighted by Crippen LogP contribution is -2.02. The van der Waals surface area contributed by atoms with Crippen molar-refractivity contribution in [2.24, 2.45) is 0 Å². The van der Waals surface area contributed by atoms with Gasteiger partial charge in [-0.1, -0.05) is 6.92 Å². The average Bonchev–Trinajstić information content (AvgIpc) is 2.29. The summed E-state index contributed by atoms with van der Waals surface area (Å²) in [5.41, 5.74) is 0.935. The summed E-state index contributed by atoms with van der Waals surface area (Å²) in [5, 5.41) is 0. The number of hydrogen-bond acceptors (Lipinski definition) is 4. The molecular formula is C11H12O3S. The molecule has 0 radical (unpaired) electrons. The molecule has 0 aliphatic carbocycles. The van der Waals surface area contributed by atoms with Crippen LogP contribution in [0.25, 0.3) is 0 Å². The highest BCUT2D eigenvalue weighted by Crippen LogP contribution is 2.22. The first-order valence-electron chi connectivity index (χ1n) is 4.53. The smallest absolute Gasteiger partial charge is 0.337 e. The number of hydrogen-bond donors (Lipinski definition) is 0. The number of rotatable bonds is 4. The van der Waals surface area contributed by atoms with Gasteiger partial charge in [0, 0.05) is 10.5 Å². The molecule has 1 aromatic carbocycles. The molecule has 80 valence electrons. The number of carbonyl (C=O) groups excluding carboxylic acids is 2. The van der Waals surface area contributed by atoms with Gasteiger partial charge in [0.25, 0.3) is 0 Å². The van der Waals surface area contributed by atoms with Crippen LogP contribution in [-0.4, -0.2) is 25.1 Å². The lowest BCUT2D eigenvalue weighted by Gasteiger charge is -2.04. The highest BCUT2D eigenvalue weighted by atomic mass is 32.2. The molecule has 0 saturated heterocycles. The van der Waals surface area contributed by atoms with Gasteiger partial charge >= 0.3 is 5.97 Å². The summed E-state index contributed by atoms with van der Waals surface area (Å²) in [4.78, 5) is 22.9. The first kappa shape index (κ1) is 11.8. The van der Waals surface area contributed by atoms with Gasteiger partial charge in [-0.15, -0.1) is 11.8 Å². The number of benzene rings is 1. The summed E-state index contributed by atoms with van der Waals surface area (Å²) >= 11 is 1.57. The zero-order valence-electron chi connectivity index (χ0n) is 8.65. The van der Waals surface area contributed by atoms with Gasteiger partial charge in [-0.3, -0.25) is 4.79 Å². The van der Waals surface area contributed by atoms with E-state index in [9.17, 15) is 9.59 Å². The Morgan fingerprint density at radius 1 is 1.53 bits per heavy atom. The molecule has 0 spiro atoms. The van der Waals surface area contributed by atoms with Crippen molar-refractivity contribution in [2.75, 3.05) is 12.9 Å². The summed E-state index contributed by atoms with van der Waals surface area (Å²) in [7, 11) is 1.32. The van der Waals surface area contributed by atoms with Crippen molar-refractivity contribution in [1.82, 2.24) is 0 Å². The summed E-state index contributed by atoms with van der Waals surface area (Å²) < 4.78 is 4.57. The number of aldehydes is 1. The fraction of sp³-hybridized carbons (Fsp3) is 0.273. The van der Waals surface area contributed by atoms with Crippen LogP contribution in [0.5, 0.6) is 0 Å². The van der Waals surface area contributed by atoms with Crippen molar-refractivity contribution < 1.29 is 14.3 Å². The Hall–Kier alpha value is -1.29. The van der Waals surface area contributed by atoms with Crippen molar-refractivity contribution in [1.29, 1.82) is 0 Å². The van der Waals surface area contributed by atoms with E-state index in [4.69, 9.17) is 0 Å². The Morgan fingerprint density at radius 2 is 2.27 bits per heavy atom. The second kappa shape index (κ2) is 5.56. The van der Waals surface area contributed by atoms with Crippen LogP contribution >= 0.6 is 11.8 Å². The van der Waals surface area contributed by atoms with E-state index in [0.717, 1.165) is 16.9 Å². The Balaban J connectivity index is 3.07. The molecule has 0 saturated carbocycles. The van der Waals surface area contributed by atoms with Gasteiger partial charge in [0.2, 0.25) is 0 Å². The van der Waals surface area contributed by atoms with E-state index in [2.05, 4.69) is 4.74 Å². The normalized spacial score (nSPS) is 9.73. The number of carbonyl (C=O) groups is 2. The summed E-state index contributed by atoms with van der Waals surface area (Å²) in [5.74, 6) is 0.462. The molecule has 0 aromatic heterocycles. The van der Waals surface area contributed by atoms with E-state index in [1.807, 2.05) is 6.92 Å². The summed E-state index contributed by atoms with van der Waals surface area (Å²) in [6.45, 7) is 2.01. The third kappa shape index (κ3) is 2.83. The van der Waals surface area contributed by atoms with Crippen molar-refractivity contribution >= 4 is 24.0 Å². The van der Waals surface area contributed by atoms with Crippen LogP contribution in [0, 0.1) is 0 Å². The molecule has 15 heavy (non-hydrogen) atoms. The zero-order chi connectivity index (χ0) is 11.3. The van der Waals surface area contributed by atoms with E-state index < -0.39 is 5.97 Å². The second-order valence-corrected chi connectivity index (χ2v) is 4.10.